The summed E-state index contributed by atoms with van der Waals surface area (Å²) in [5.74, 6) is -0.542. The van der Waals surface area contributed by atoms with Crippen LogP contribution in [0.3, 0.4) is 0 Å². The van der Waals surface area contributed by atoms with E-state index >= 15 is 9.59 Å². The molecule has 11 atom stereocenters. The molecule has 8 nitrogen and oxygen atoms in total. The molecule has 7 aliphatic carbocycles. The van der Waals surface area contributed by atoms with E-state index in [1.165, 1.54) is 37.8 Å². The number of fused-ring (bicyclic) bond motifs is 5. The first kappa shape index (κ1) is 42.1. The number of benzene rings is 2. The van der Waals surface area contributed by atoms with Gasteiger partial charge in [0, 0.05) is 34.7 Å². The van der Waals surface area contributed by atoms with Gasteiger partial charge in [-0.15, -0.1) is 0 Å². The molecule has 0 aromatic heterocycles. The Morgan fingerprint density at radius 3 is 2.26 bits per heavy atom. The van der Waals surface area contributed by atoms with Gasteiger partial charge in [-0.1, -0.05) is 71.0 Å². The van der Waals surface area contributed by atoms with E-state index in [-0.39, 0.29) is 23.2 Å². The normalized spacial score (nSPS) is 39.9. The van der Waals surface area contributed by atoms with Gasteiger partial charge in [0.2, 0.25) is 0 Å². The molecule has 0 N–H and O–H groups in total. The van der Waals surface area contributed by atoms with Crippen LogP contribution in [0.1, 0.15) is 146 Å². The number of hydrogen-bond donors (Lipinski definition) is 0. The molecule has 8 heteroatoms. The fourth-order valence-electron chi connectivity index (χ4n) is 17.0. The zero-order valence-corrected chi connectivity index (χ0v) is 38.1. The Morgan fingerprint density at radius 1 is 0.869 bits per heavy atom. The lowest BCUT2D eigenvalue weighted by molar-refractivity contribution is -0.270. The standard InChI is InChI=1S/C53H66O8/c1-11-51-21-14-16-35-20-22-53(49(35,51)6)40-26-41(43(58-8)25-38(40)42(30-54)50(53,7)48(5,45(56)59-9)44(51)61-31(2)55)52(46(57)60-10)29-33-23-32(27-47(3,4)28-33)18-19-37-36-17-13-12-15-34(36)24-39(37)52/h12-15,17,21,25-26,30,32-33,35,42,44H,11,16,18-20,22-24,27-29H2,1-10H3/t32-,33+,35?,42?,44-,48+,49-,50-,51-,52+,53+/m0/s1. The average Bonchev–Trinajstić information content (AvgIpc) is 3.85. The van der Waals surface area contributed by atoms with E-state index in [0.29, 0.717) is 37.4 Å². The number of ether oxygens (including phenoxy) is 4. The van der Waals surface area contributed by atoms with E-state index in [4.69, 9.17) is 18.9 Å². The Kier molecular flexibility index (Phi) is 9.60. The van der Waals surface area contributed by atoms with Gasteiger partial charge in [-0.2, -0.15) is 0 Å². The first-order valence-corrected chi connectivity index (χ1v) is 23.0. The van der Waals surface area contributed by atoms with Crippen molar-refractivity contribution in [2.75, 3.05) is 21.3 Å². The second-order valence-corrected chi connectivity index (χ2v) is 21.5. The van der Waals surface area contributed by atoms with Crippen molar-refractivity contribution in [1.29, 1.82) is 0 Å². The maximum absolute atomic E-state index is 15.6. The number of hydrogen-bond acceptors (Lipinski definition) is 8. The summed E-state index contributed by atoms with van der Waals surface area (Å²) in [4.78, 5) is 58.1. The van der Waals surface area contributed by atoms with Crippen LogP contribution in [0, 0.1) is 44.8 Å². The van der Waals surface area contributed by atoms with Crippen LogP contribution in [0.15, 0.2) is 54.1 Å². The number of carbonyl (C=O) groups excluding carboxylic acids is 4. The molecule has 0 radical (unpaired) electrons. The Bertz CT molecular complexity index is 2290. The topological polar surface area (TPSA) is 105 Å². The first-order valence-electron chi connectivity index (χ1n) is 23.0. The Labute approximate surface area is 362 Å². The molecule has 326 valence electrons. The summed E-state index contributed by atoms with van der Waals surface area (Å²) in [6, 6.07) is 12.9. The number of methoxy groups -OCH3 is 3. The van der Waals surface area contributed by atoms with E-state index in [0.717, 1.165) is 73.5 Å². The minimum atomic E-state index is -1.47. The molecule has 2 aromatic rings. The van der Waals surface area contributed by atoms with Crippen molar-refractivity contribution in [2.45, 2.75) is 142 Å². The SMILES string of the molecule is CC[C@]12C=CCC3CC[C@@]4(c5cc([C@@]6(C(=O)OC)C[C@@H]7C[C@H](CCC8=C6Cc6ccccc68)CC(C)(C)C7)c(OC)cc5C(C=O)[C@@]4(C)[C@@](C)(C(=O)OC)[C@@H]1OC(C)=O)[C@@]32C. The summed E-state index contributed by atoms with van der Waals surface area (Å²) in [6.45, 7) is 14.7. The zero-order chi connectivity index (χ0) is 43.7. The van der Waals surface area contributed by atoms with Crippen LogP contribution in [0.4, 0.5) is 0 Å². The Hall–Kier alpha value is -4.20. The van der Waals surface area contributed by atoms with Crippen molar-refractivity contribution in [1.82, 2.24) is 0 Å². The van der Waals surface area contributed by atoms with Crippen LogP contribution >= 0.6 is 0 Å². The molecule has 0 saturated heterocycles. The molecular weight excluding hydrogens is 765 g/mol. The number of carbonyl (C=O) groups is 4. The van der Waals surface area contributed by atoms with Crippen molar-refractivity contribution in [3.05, 3.63) is 81.9 Å². The molecule has 2 aromatic carbocycles. The van der Waals surface area contributed by atoms with Crippen LogP contribution in [-0.2, 0) is 50.6 Å². The van der Waals surface area contributed by atoms with E-state index in [2.05, 4.69) is 77.1 Å². The predicted octanol–water partition coefficient (Wildman–Crippen LogP) is 10.2. The molecule has 3 saturated carbocycles. The highest BCUT2D eigenvalue weighted by Gasteiger charge is 2.87. The largest absolute Gasteiger partial charge is 0.496 e. The smallest absolute Gasteiger partial charge is 0.320 e. The van der Waals surface area contributed by atoms with E-state index in [1.807, 2.05) is 13.0 Å². The second kappa shape index (κ2) is 13.9. The van der Waals surface area contributed by atoms with Gasteiger partial charge in [0.15, 0.2) is 0 Å². The minimum absolute atomic E-state index is 0.118. The van der Waals surface area contributed by atoms with Crippen LogP contribution in [0.5, 0.6) is 5.75 Å². The number of aldehydes is 1. The molecule has 1 spiro atoms. The molecular formula is C53H66O8. The maximum Gasteiger partial charge on any atom is 0.320 e. The average molecular weight is 831 g/mol. The first-order chi connectivity index (χ1) is 29.0. The van der Waals surface area contributed by atoms with Gasteiger partial charge in [-0.25, -0.2) is 0 Å². The third kappa shape index (κ3) is 4.94. The molecule has 0 aliphatic heterocycles. The molecule has 3 fully saturated rings. The Balaban J connectivity index is 1.41. The number of esters is 3. The fraction of sp³-hybridized carbons (Fsp3) is 0.623. The lowest BCUT2D eigenvalue weighted by Crippen LogP contribution is -2.78. The third-order valence-electron chi connectivity index (χ3n) is 19.1. The quantitative estimate of drug-likeness (QED) is 0.118. The fourth-order valence-corrected chi connectivity index (χ4v) is 17.0. The van der Waals surface area contributed by atoms with Crippen LogP contribution in [0.25, 0.3) is 5.57 Å². The lowest BCUT2D eigenvalue weighted by atomic mass is 9.29. The van der Waals surface area contributed by atoms with E-state index in [9.17, 15) is 9.59 Å². The van der Waals surface area contributed by atoms with Crippen LogP contribution in [-0.4, -0.2) is 51.6 Å². The van der Waals surface area contributed by atoms with Gasteiger partial charge in [0.25, 0.3) is 0 Å². The number of allylic oxidation sites excluding steroid dienone is 2. The molecule has 2 unspecified atom stereocenters. The monoisotopic (exact) mass is 830 g/mol. The molecule has 61 heavy (non-hydrogen) atoms. The highest BCUT2D eigenvalue weighted by Crippen LogP contribution is 2.86. The van der Waals surface area contributed by atoms with Crippen molar-refractivity contribution in [3.8, 4) is 5.75 Å². The highest BCUT2D eigenvalue weighted by atomic mass is 16.6. The van der Waals surface area contributed by atoms with Crippen molar-refractivity contribution < 1.29 is 38.1 Å². The molecule has 0 amide bonds. The summed E-state index contributed by atoms with van der Waals surface area (Å²) in [5, 5.41) is 0. The Morgan fingerprint density at radius 2 is 1.59 bits per heavy atom. The van der Waals surface area contributed by atoms with Crippen LogP contribution < -0.4 is 4.74 Å². The zero-order valence-electron chi connectivity index (χ0n) is 38.1. The minimum Gasteiger partial charge on any atom is -0.496 e. The molecule has 7 aliphatic rings. The van der Waals surface area contributed by atoms with Crippen LogP contribution in [0.2, 0.25) is 0 Å². The van der Waals surface area contributed by atoms with Gasteiger partial charge < -0.3 is 23.7 Å². The molecule has 0 heterocycles. The van der Waals surface area contributed by atoms with Crippen molar-refractivity contribution in [2.24, 2.45) is 44.8 Å². The summed E-state index contributed by atoms with van der Waals surface area (Å²) in [7, 11) is 4.58. The van der Waals surface area contributed by atoms with Crippen molar-refractivity contribution in [3.63, 3.8) is 0 Å². The van der Waals surface area contributed by atoms with E-state index in [1.54, 1.807) is 7.11 Å². The summed E-state index contributed by atoms with van der Waals surface area (Å²) < 4.78 is 25.0. The maximum atomic E-state index is 15.6. The predicted molar refractivity (Wildman–Crippen MR) is 234 cm³/mol. The van der Waals surface area contributed by atoms with Gasteiger partial charge in [-0.3, -0.25) is 14.4 Å². The van der Waals surface area contributed by atoms with Gasteiger partial charge in [0.1, 0.15) is 29.0 Å². The van der Waals surface area contributed by atoms with Gasteiger partial charge >= 0.3 is 17.9 Å². The van der Waals surface area contributed by atoms with Crippen molar-refractivity contribution >= 4 is 29.8 Å². The highest BCUT2D eigenvalue weighted by molar-refractivity contribution is 5.95. The van der Waals surface area contributed by atoms with Gasteiger partial charge in [-0.05, 0) is 152 Å². The summed E-state index contributed by atoms with van der Waals surface area (Å²) in [5.41, 5.74) is 1.54. The summed E-state index contributed by atoms with van der Waals surface area (Å²) in [6.07, 6.45) is 13.9. The van der Waals surface area contributed by atoms with Gasteiger partial charge in [0.05, 0.1) is 21.3 Å². The summed E-state index contributed by atoms with van der Waals surface area (Å²) >= 11 is 0. The second-order valence-electron chi connectivity index (χ2n) is 21.5. The lowest BCUT2D eigenvalue weighted by Gasteiger charge is -2.73. The third-order valence-corrected chi connectivity index (χ3v) is 19.1. The number of rotatable bonds is 7. The van der Waals surface area contributed by atoms with E-state index < -0.39 is 56.5 Å². The molecule has 9 rings (SSSR count). The molecule has 2 bridgehead atoms.